The van der Waals surface area contributed by atoms with Crippen molar-refractivity contribution in [1.29, 1.82) is 5.26 Å². The third-order valence-electron chi connectivity index (χ3n) is 2.52. The van der Waals surface area contributed by atoms with E-state index in [4.69, 9.17) is 5.26 Å². The van der Waals surface area contributed by atoms with Gasteiger partial charge in [0.2, 0.25) is 0 Å². The molecule has 2 aromatic rings. The van der Waals surface area contributed by atoms with E-state index >= 15 is 0 Å². The summed E-state index contributed by atoms with van der Waals surface area (Å²) in [5.41, 5.74) is 1.11. The summed E-state index contributed by atoms with van der Waals surface area (Å²) in [6.45, 7) is 0. The predicted octanol–water partition coefficient (Wildman–Crippen LogP) is 3.97. The number of phenolic OH excluding ortho intramolecular Hbond substituents is 1. The number of rotatable bonds is 3. The van der Waals surface area contributed by atoms with Crippen molar-refractivity contribution in [1.82, 2.24) is 0 Å². The van der Waals surface area contributed by atoms with Crippen molar-refractivity contribution < 1.29 is 9.50 Å². The number of hydrogen-bond acceptors (Lipinski definition) is 3. The number of anilines is 1. The number of nitriles is 1. The van der Waals surface area contributed by atoms with Crippen LogP contribution in [0.2, 0.25) is 0 Å². The van der Waals surface area contributed by atoms with Crippen LogP contribution >= 0.6 is 15.9 Å². The van der Waals surface area contributed by atoms with Gasteiger partial charge in [-0.15, -0.1) is 0 Å². The van der Waals surface area contributed by atoms with Gasteiger partial charge in [0.15, 0.2) is 0 Å². The van der Waals surface area contributed by atoms with E-state index < -0.39 is 11.9 Å². The third-order valence-corrected chi connectivity index (χ3v) is 3.05. The molecule has 0 aromatic heterocycles. The molecule has 2 aromatic carbocycles. The Hall–Kier alpha value is -2.06. The fraction of sp³-hybridized carbons (Fsp3) is 0.0714. The number of phenols is 1. The lowest BCUT2D eigenvalue weighted by Crippen LogP contribution is -2.08. The van der Waals surface area contributed by atoms with Gasteiger partial charge in [-0.05, 0) is 42.0 Å². The van der Waals surface area contributed by atoms with Gasteiger partial charge in [0, 0.05) is 16.2 Å². The quantitative estimate of drug-likeness (QED) is 0.899. The Labute approximate surface area is 118 Å². The van der Waals surface area contributed by atoms with Crippen molar-refractivity contribution in [2.75, 3.05) is 5.32 Å². The summed E-state index contributed by atoms with van der Waals surface area (Å²) in [7, 11) is 0. The maximum Gasteiger partial charge on any atom is 0.140 e. The Balaban J connectivity index is 2.25. The monoisotopic (exact) mass is 320 g/mol. The Morgan fingerprint density at radius 1 is 1.21 bits per heavy atom. The fourth-order valence-corrected chi connectivity index (χ4v) is 1.93. The Morgan fingerprint density at radius 2 is 1.89 bits per heavy atom. The Bertz CT molecular complexity index is 602. The fourth-order valence-electron chi connectivity index (χ4n) is 1.67. The molecule has 0 radical (unpaired) electrons. The van der Waals surface area contributed by atoms with Gasteiger partial charge in [-0.3, -0.25) is 0 Å². The van der Waals surface area contributed by atoms with E-state index in [-0.39, 0.29) is 5.75 Å². The highest BCUT2D eigenvalue weighted by molar-refractivity contribution is 9.10. The van der Waals surface area contributed by atoms with E-state index in [1.807, 2.05) is 18.2 Å². The topological polar surface area (TPSA) is 56.0 Å². The van der Waals surface area contributed by atoms with Crippen LogP contribution in [0.25, 0.3) is 0 Å². The maximum absolute atomic E-state index is 13.2. The second-order valence-corrected chi connectivity index (χ2v) is 4.87. The molecule has 0 fully saturated rings. The van der Waals surface area contributed by atoms with Crippen LogP contribution in [0.1, 0.15) is 11.6 Å². The van der Waals surface area contributed by atoms with Gasteiger partial charge >= 0.3 is 0 Å². The van der Waals surface area contributed by atoms with Gasteiger partial charge in [-0.2, -0.15) is 5.26 Å². The first-order valence-corrected chi connectivity index (χ1v) is 6.29. The molecule has 0 saturated heterocycles. The first-order chi connectivity index (χ1) is 9.08. The summed E-state index contributed by atoms with van der Waals surface area (Å²) in [4.78, 5) is 0. The van der Waals surface area contributed by atoms with Crippen LogP contribution in [0, 0.1) is 17.1 Å². The molecule has 5 heteroatoms. The van der Waals surface area contributed by atoms with Gasteiger partial charge in [0.05, 0.1) is 6.07 Å². The SMILES string of the molecule is N#CC(Nc1ccc(Br)cc1)c1cc(O)cc(F)c1. The zero-order valence-electron chi connectivity index (χ0n) is 9.77. The number of nitrogens with zero attached hydrogens (tertiary/aromatic N) is 1. The molecule has 2 rings (SSSR count). The van der Waals surface area contributed by atoms with Crippen LogP contribution in [0.15, 0.2) is 46.9 Å². The highest BCUT2D eigenvalue weighted by atomic mass is 79.9. The molecule has 2 N–H and O–H groups in total. The number of aromatic hydroxyl groups is 1. The molecule has 0 saturated carbocycles. The predicted molar refractivity (Wildman–Crippen MR) is 74.2 cm³/mol. The van der Waals surface area contributed by atoms with Crippen molar-refractivity contribution in [3.8, 4) is 11.8 Å². The molecule has 1 atom stereocenters. The molecule has 0 amide bonds. The second kappa shape index (κ2) is 5.72. The summed E-state index contributed by atoms with van der Waals surface area (Å²) >= 11 is 3.32. The normalized spacial score (nSPS) is 11.6. The summed E-state index contributed by atoms with van der Waals surface area (Å²) in [5.74, 6) is -0.777. The van der Waals surface area contributed by atoms with Crippen molar-refractivity contribution in [3.63, 3.8) is 0 Å². The van der Waals surface area contributed by atoms with E-state index in [1.54, 1.807) is 12.1 Å². The third kappa shape index (κ3) is 3.46. The highest BCUT2D eigenvalue weighted by Gasteiger charge is 2.12. The molecule has 0 aliphatic rings. The average molecular weight is 321 g/mol. The lowest BCUT2D eigenvalue weighted by molar-refractivity contribution is 0.468. The number of benzene rings is 2. The molecular weight excluding hydrogens is 311 g/mol. The van der Waals surface area contributed by atoms with Gasteiger partial charge < -0.3 is 10.4 Å². The lowest BCUT2D eigenvalue weighted by Gasteiger charge is -2.13. The van der Waals surface area contributed by atoms with Gasteiger partial charge in [-0.1, -0.05) is 15.9 Å². The first kappa shape index (κ1) is 13.4. The minimum absolute atomic E-state index is 0.201. The van der Waals surface area contributed by atoms with E-state index in [1.165, 1.54) is 12.1 Å². The standard InChI is InChI=1S/C14H10BrFN2O/c15-10-1-3-12(4-2-10)18-14(8-17)9-5-11(16)7-13(19)6-9/h1-7,14,18-19H. The lowest BCUT2D eigenvalue weighted by atomic mass is 10.1. The zero-order valence-corrected chi connectivity index (χ0v) is 11.4. The maximum atomic E-state index is 13.2. The Morgan fingerprint density at radius 3 is 2.47 bits per heavy atom. The number of halogens is 2. The average Bonchev–Trinajstić information content (AvgIpc) is 2.37. The molecule has 0 aliphatic carbocycles. The van der Waals surface area contributed by atoms with Crippen LogP contribution < -0.4 is 5.32 Å². The number of nitrogens with one attached hydrogen (secondary N) is 1. The molecule has 19 heavy (non-hydrogen) atoms. The van der Waals surface area contributed by atoms with Crippen molar-refractivity contribution in [2.24, 2.45) is 0 Å². The largest absolute Gasteiger partial charge is 0.508 e. The highest BCUT2D eigenvalue weighted by Crippen LogP contribution is 2.24. The minimum atomic E-state index is -0.734. The van der Waals surface area contributed by atoms with E-state index in [0.717, 1.165) is 16.2 Å². The molecule has 0 aliphatic heterocycles. The van der Waals surface area contributed by atoms with E-state index in [0.29, 0.717) is 5.56 Å². The number of hydrogen-bond donors (Lipinski definition) is 2. The van der Waals surface area contributed by atoms with Gasteiger partial charge in [-0.25, -0.2) is 4.39 Å². The van der Waals surface area contributed by atoms with Crippen LogP contribution in [0.5, 0.6) is 5.75 Å². The second-order valence-electron chi connectivity index (χ2n) is 3.96. The summed E-state index contributed by atoms with van der Waals surface area (Å²) < 4.78 is 14.1. The molecular formula is C14H10BrFN2O. The van der Waals surface area contributed by atoms with Gasteiger partial charge in [0.1, 0.15) is 17.6 Å². The zero-order chi connectivity index (χ0) is 13.8. The van der Waals surface area contributed by atoms with Gasteiger partial charge in [0.25, 0.3) is 0 Å². The van der Waals surface area contributed by atoms with E-state index in [2.05, 4.69) is 21.2 Å². The molecule has 1 unspecified atom stereocenters. The first-order valence-electron chi connectivity index (χ1n) is 5.49. The van der Waals surface area contributed by atoms with Crippen LogP contribution in [-0.4, -0.2) is 5.11 Å². The molecule has 0 heterocycles. The summed E-state index contributed by atoms with van der Waals surface area (Å²) in [6, 6.07) is 12.1. The summed E-state index contributed by atoms with van der Waals surface area (Å²) in [6.07, 6.45) is 0. The van der Waals surface area contributed by atoms with E-state index in [9.17, 15) is 9.50 Å². The van der Waals surface area contributed by atoms with Crippen molar-refractivity contribution >= 4 is 21.6 Å². The van der Waals surface area contributed by atoms with Crippen LogP contribution in [0.3, 0.4) is 0 Å². The molecule has 0 spiro atoms. The van der Waals surface area contributed by atoms with Crippen molar-refractivity contribution in [3.05, 3.63) is 58.3 Å². The van der Waals surface area contributed by atoms with Crippen LogP contribution in [0.4, 0.5) is 10.1 Å². The smallest absolute Gasteiger partial charge is 0.140 e. The molecule has 0 bridgehead atoms. The minimum Gasteiger partial charge on any atom is -0.508 e. The summed E-state index contributed by atoms with van der Waals surface area (Å²) in [5, 5.41) is 21.5. The Kier molecular flexibility index (Phi) is 4.03. The van der Waals surface area contributed by atoms with Crippen LogP contribution in [-0.2, 0) is 0 Å². The van der Waals surface area contributed by atoms with Crippen molar-refractivity contribution in [2.45, 2.75) is 6.04 Å². The molecule has 96 valence electrons. The molecule has 3 nitrogen and oxygen atoms in total.